The van der Waals surface area contributed by atoms with E-state index in [0.717, 1.165) is 11.3 Å². The summed E-state index contributed by atoms with van der Waals surface area (Å²) in [6.45, 7) is 0.582. The molecule has 3 aromatic rings. The maximum atomic E-state index is 6.84. The first-order valence-electron chi connectivity index (χ1n) is 9.01. The fraction of sp³-hybridized carbons (Fsp3) is 0.0870. The lowest BCUT2D eigenvalue weighted by atomic mass is 9.40. The van der Waals surface area contributed by atoms with Crippen molar-refractivity contribution in [1.29, 1.82) is 0 Å². The van der Waals surface area contributed by atoms with E-state index < -0.39 is 6.48 Å². The highest BCUT2D eigenvalue weighted by molar-refractivity contribution is 6.92. The van der Waals surface area contributed by atoms with Crippen LogP contribution >= 0.6 is 0 Å². The Labute approximate surface area is 155 Å². The molecule has 0 radical (unpaired) electrons. The average Bonchev–Trinajstić information content (AvgIpc) is 2.72. The van der Waals surface area contributed by atoms with E-state index in [9.17, 15) is 0 Å². The van der Waals surface area contributed by atoms with Crippen LogP contribution in [0.15, 0.2) is 97.1 Å². The Balaban J connectivity index is 1.96. The van der Waals surface area contributed by atoms with Crippen molar-refractivity contribution in [3.05, 3.63) is 103 Å². The minimum absolute atomic E-state index is 0.911. The maximum absolute atomic E-state index is 6.84. The first-order chi connectivity index (χ1) is 12.7. The summed E-state index contributed by atoms with van der Waals surface area (Å²) >= 11 is 0. The van der Waals surface area contributed by atoms with Crippen molar-refractivity contribution in [3.63, 3.8) is 0 Å². The van der Waals surface area contributed by atoms with Gasteiger partial charge in [-0.1, -0.05) is 102 Å². The molecule has 0 saturated carbocycles. The third-order valence-electron chi connectivity index (χ3n) is 5.30. The molecular weight excluding hydrogens is 317 g/mol. The van der Waals surface area contributed by atoms with Gasteiger partial charge in [0.05, 0.1) is 12.8 Å². The van der Waals surface area contributed by atoms with E-state index in [1.165, 1.54) is 16.6 Å². The van der Waals surface area contributed by atoms with Gasteiger partial charge in [-0.25, -0.2) is 0 Å². The zero-order valence-corrected chi connectivity index (χ0v) is 15.2. The van der Waals surface area contributed by atoms with Crippen molar-refractivity contribution in [2.75, 3.05) is 7.05 Å². The van der Waals surface area contributed by atoms with Gasteiger partial charge in [-0.3, -0.25) is 0 Å². The fourth-order valence-electron chi connectivity index (χ4n) is 3.83. The summed E-state index contributed by atoms with van der Waals surface area (Å²) in [5, 5.41) is 0. The number of hydrogen-bond acceptors (Lipinski definition) is 1. The lowest BCUT2D eigenvalue weighted by molar-refractivity contribution is -0.373. The summed E-state index contributed by atoms with van der Waals surface area (Å²) in [5.41, 5.74) is 4.62. The van der Waals surface area contributed by atoms with Crippen LogP contribution in [0, 0.1) is 0 Å². The third-order valence-corrected chi connectivity index (χ3v) is 5.30. The van der Waals surface area contributed by atoms with E-state index in [4.69, 9.17) is 4.65 Å². The van der Waals surface area contributed by atoms with Crippen LogP contribution in [0.1, 0.15) is 12.5 Å². The molecule has 1 aliphatic heterocycles. The van der Waals surface area contributed by atoms with E-state index in [-0.39, 0.29) is 0 Å². The molecule has 3 aromatic carbocycles. The first-order valence-corrected chi connectivity index (χ1v) is 9.01. The predicted octanol–water partition coefficient (Wildman–Crippen LogP) is 3.42. The van der Waals surface area contributed by atoms with Crippen LogP contribution in [0.4, 0.5) is 0 Å². The van der Waals surface area contributed by atoms with Gasteiger partial charge in [0.25, 0.3) is 0 Å². The predicted molar refractivity (Wildman–Crippen MR) is 110 cm³/mol. The monoisotopic (exact) mass is 339 g/mol. The Hall–Kier alpha value is -3.07. The summed E-state index contributed by atoms with van der Waals surface area (Å²) in [4.78, 5) is 0. The van der Waals surface area contributed by atoms with Gasteiger partial charge in [-0.2, -0.15) is 0 Å². The van der Waals surface area contributed by atoms with Crippen LogP contribution in [-0.2, 0) is 4.65 Å². The molecule has 1 heterocycles. The molecule has 26 heavy (non-hydrogen) atoms. The van der Waals surface area contributed by atoms with E-state index in [1.54, 1.807) is 0 Å². The lowest BCUT2D eigenvalue weighted by Gasteiger charge is -2.42. The normalized spacial score (nSPS) is 16.0. The molecule has 2 nitrogen and oxygen atoms in total. The van der Waals surface area contributed by atoms with Crippen LogP contribution in [-0.4, -0.2) is 23.7 Å². The highest BCUT2D eigenvalue weighted by Crippen LogP contribution is 2.25. The van der Waals surface area contributed by atoms with Gasteiger partial charge < -0.3 is 9.14 Å². The van der Waals surface area contributed by atoms with Gasteiger partial charge in [0.1, 0.15) is 5.71 Å². The smallest absolute Gasteiger partial charge is 0.508 e. The minimum Gasteiger partial charge on any atom is -0.651 e. The van der Waals surface area contributed by atoms with Crippen molar-refractivity contribution in [3.8, 4) is 0 Å². The summed E-state index contributed by atoms with van der Waals surface area (Å²) < 4.78 is 9.12. The Bertz CT molecular complexity index is 923. The molecule has 0 amide bonds. The number of hydrogen-bond donors (Lipinski definition) is 0. The molecule has 0 unspecified atom stereocenters. The summed E-state index contributed by atoms with van der Waals surface area (Å²) in [6, 6.07) is 31.4. The maximum Gasteiger partial charge on any atom is 0.508 e. The molecule has 0 bridgehead atoms. The molecule has 1 aliphatic rings. The standard InChI is InChI=1S/C23H22BNO/c1-19-18-23(20-12-6-3-7-13-20)26-24(25(19)2,21-14-8-4-9-15-21)22-16-10-5-11-17-22/h3-18H,1-2H3. The molecule has 0 atom stereocenters. The highest BCUT2D eigenvalue weighted by Gasteiger charge is 2.47. The Kier molecular flexibility index (Phi) is 4.22. The van der Waals surface area contributed by atoms with Gasteiger partial charge in [0, 0.05) is 18.6 Å². The van der Waals surface area contributed by atoms with Crippen LogP contribution in [0.25, 0.3) is 5.76 Å². The molecule has 0 fully saturated rings. The van der Waals surface area contributed by atoms with Gasteiger partial charge in [0.15, 0.2) is 0 Å². The second kappa shape index (κ2) is 6.68. The van der Waals surface area contributed by atoms with E-state index >= 15 is 0 Å². The zero-order valence-electron chi connectivity index (χ0n) is 15.2. The second-order valence-electron chi connectivity index (χ2n) is 6.81. The first kappa shape index (κ1) is 16.4. The molecule has 0 spiro atoms. The average molecular weight is 339 g/mol. The lowest BCUT2D eigenvalue weighted by Crippen LogP contribution is -2.69. The Morgan fingerprint density at radius 3 is 1.65 bits per heavy atom. The molecule has 0 aromatic heterocycles. The molecule has 0 saturated heterocycles. The van der Waals surface area contributed by atoms with Crippen LogP contribution in [0.2, 0.25) is 0 Å². The third kappa shape index (κ3) is 2.66. The van der Waals surface area contributed by atoms with Gasteiger partial charge in [-0.05, 0) is 0 Å². The zero-order chi connectivity index (χ0) is 18.0. The number of rotatable bonds is 3. The molecule has 0 aliphatic carbocycles. The van der Waals surface area contributed by atoms with E-state index in [2.05, 4.69) is 85.2 Å². The van der Waals surface area contributed by atoms with Crippen molar-refractivity contribution < 1.29 is 9.14 Å². The molecule has 3 heteroatoms. The van der Waals surface area contributed by atoms with Gasteiger partial charge in [-0.15, -0.1) is 0 Å². The summed E-state index contributed by atoms with van der Waals surface area (Å²) in [6.07, 6.45) is 2.13. The van der Waals surface area contributed by atoms with Crippen LogP contribution < -0.4 is 10.9 Å². The van der Waals surface area contributed by atoms with Crippen molar-refractivity contribution >= 4 is 28.9 Å². The Morgan fingerprint density at radius 2 is 1.15 bits per heavy atom. The van der Waals surface area contributed by atoms with E-state index in [0.29, 0.717) is 0 Å². The minimum atomic E-state index is -1.56. The number of nitrogens with zero attached hydrogens (tertiary/aromatic N) is 1. The van der Waals surface area contributed by atoms with Crippen molar-refractivity contribution in [2.45, 2.75) is 6.92 Å². The molecular formula is C23H22BNO. The summed E-state index contributed by atoms with van der Waals surface area (Å²) in [7, 11) is 2.12. The van der Waals surface area contributed by atoms with Crippen LogP contribution in [0.5, 0.6) is 0 Å². The molecule has 128 valence electrons. The molecule has 4 rings (SSSR count). The summed E-state index contributed by atoms with van der Waals surface area (Å²) in [5.74, 6) is 0.911. The highest BCUT2D eigenvalue weighted by atomic mass is 16.5. The van der Waals surface area contributed by atoms with E-state index in [1.807, 2.05) is 30.3 Å². The van der Waals surface area contributed by atoms with Gasteiger partial charge in [0.2, 0.25) is 0 Å². The van der Waals surface area contributed by atoms with Crippen molar-refractivity contribution in [1.82, 2.24) is 0 Å². The van der Waals surface area contributed by atoms with Crippen LogP contribution in [0.3, 0.4) is 0 Å². The SMILES string of the molecule is CC1=[N+](C)[B-](c2ccccc2)(c2ccccc2)OC(c2ccccc2)=C1. The van der Waals surface area contributed by atoms with Crippen molar-refractivity contribution in [2.24, 2.45) is 0 Å². The largest absolute Gasteiger partial charge is 0.651 e. The topological polar surface area (TPSA) is 12.2 Å². The number of benzene rings is 3. The number of allylic oxidation sites excluding steroid dienone is 1. The second-order valence-corrected chi connectivity index (χ2v) is 6.81. The molecule has 0 N–H and O–H groups in total. The quantitative estimate of drug-likeness (QED) is 0.666. The Morgan fingerprint density at radius 1 is 0.692 bits per heavy atom. The van der Waals surface area contributed by atoms with Gasteiger partial charge >= 0.3 is 6.48 Å². The fourth-order valence-corrected chi connectivity index (χ4v) is 3.83.